The molecular formula is C16H15ClN4. The number of hydrogen-bond acceptors (Lipinski definition) is 4. The summed E-state index contributed by atoms with van der Waals surface area (Å²) >= 11 is 6.25. The van der Waals surface area contributed by atoms with E-state index in [1.807, 2.05) is 30.3 Å². The second kappa shape index (κ2) is 6.02. The van der Waals surface area contributed by atoms with Crippen LogP contribution in [0.15, 0.2) is 42.6 Å². The predicted molar refractivity (Wildman–Crippen MR) is 84.8 cm³/mol. The first-order valence-electron chi connectivity index (χ1n) is 6.89. The van der Waals surface area contributed by atoms with Crippen LogP contribution in [0.4, 0.5) is 11.5 Å². The summed E-state index contributed by atoms with van der Waals surface area (Å²) in [4.78, 5) is 8.78. The summed E-state index contributed by atoms with van der Waals surface area (Å²) in [6, 6.07) is 13.7. The maximum Gasteiger partial charge on any atom is 0.146 e. The van der Waals surface area contributed by atoms with Gasteiger partial charge in [-0.15, -0.1) is 0 Å². The van der Waals surface area contributed by atoms with Gasteiger partial charge in [0.1, 0.15) is 11.9 Å². The predicted octanol–water partition coefficient (Wildman–Crippen LogP) is 2.93. The Morgan fingerprint density at radius 1 is 1.00 bits per heavy atom. The fourth-order valence-corrected chi connectivity index (χ4v) is 2.86. The van der Waals surface area contributed by atoms with E-state index in [0.29, 0.717) is 5.56 Å². The molecule has 0 aliphatic carbocycles. The first-order valence-corrected chi connectivity index (χ1v) is 7.27. The number of nitrogens with zero attached hydrogens (tertiary/aromatic N) is 4. The van der Waals surface area contributed by atoms with Crippen LogP contribution in [-0.2, 0) is 0 Å². The molecule has 4 nitrogen and oxygen atoms in total. The Kier molecular flexibility index (Phi) is 3.94. The second-order valence-corrected chi connectivity index (χ2v) is 5.32. The Hall–Kier alpha value is -2.25. The third-order valence-electron chi connectivity index (χ3n) is 3.68. The molecule has 0 unspecified atom stereocenters. The molecule has 3 rings (SSSR count). The molecule has 1 fully saturated rings. The van der Waals surface area contributed by atoms with Crippen molar-refractivity contribution >= 4 is 23.1 Å². The third-order valence-corrected chi connectivity index (χ3v) is 4.00. The summed E-state index contributed by atoms with van der Waals surface area (Å²) in [5, 5.41) is 9.95. The van der Waals surface area contributed by atoms with E-state index in [2.05, 4.69) is 20.9 Å². The van der Waals surface area contributed by atoms with Crippen LogP contribution < -0.4 is 9.80 Å². The van der Waals surface area contributed by atoms with Crippen LogP contribution in [0.3, 0.4) is 0 Å². The molecule has 1 aliphatic heterocycles. The molecule has 0 atom stereocenters. The van der Waals surface area contributed by atoms with Gasteiger partial charge >= 0.3 is 0 Å². The second-order valence-electron chi connectivity index (χ2n) is 4.91. The molecule has 106 valence electrons. The maximum atomic E-state index is 9.17. The van der Waals surface area contributed by atoms with E-state index in [4.69, 9.17) is 11.6 Å². The number of aromatic nitrogens is 1. The summed E-state index contributed by atoms with van der Waals surface area (Å²) in [6.07, 6.45) is 1.73. The van der Waals surface area contributed by atoms with Gasteiger partial charge in [0.25, 0.3) is 0 Å². The van der Waals surface area contributed by atoms with E-state index >= 15 is 0 Å². The van der Waals surface area contributed by atoms with Gasteiger partial charge in [-0.2, -0.15) is 5.26 Å². The molecule has 2 aromatic rings. The van der Waals surface area contributed by atoms with E-state index in [1.54, 1.807) is 12.3 Å². The number of benzene rings is 1. The van der Waals surface area contributed by atoms with Gasteiger partial charge in [-0.3, -0.25) is 0 Å². The number of halogens is 1. The van der Waals surface area contributed by atoms with Crippen molar-refractivity contribution in [1.29, 1.82) is 5.26 Å². The molecule has 0 radical (unpaired) electrons. The lowest BCUT2D eigenvalue weighted by molar-refractivity contribution is 0.647. The van der Waals surface area contributed by atoms with Crippen molar-refractivity contribution in [3.05, 3.63) is 53.2 Å². The van der Waals surface area contributed by atoms with Crippen LogP contribution in [0, 0.1) is 11.3 Å². The van der Waals surface area contributed by atoms with Gasteiger partial charge in [-0.05, 0) is 24.3 Å². The summed E-state index contributed by atoms with van der Waals surface area (Å²) in [5.41, 5.74) is 1.70. The number of rotatable bonds is 2. The molecule has 21 heavy (non-hydrogen) atoms. The standard InChI is InChI=1S/C16H15ClN4/c17-14-5-1-2-6-15(14)20-8-10-21(11-9-20)16-13(12-18)4-3-7-19-16/h1-7H,8-11H2. The third kappa shape index (κ3) is 2.79. The first-order chi connectivity index (χ1) is 10.3. The van der Waals surface area contributed by atoms with Gasteiger partial charge in [0.2, 0.25) is 0 Å². The number of nitriles is 1. The minimum absolute atomic E-state index is 0.628. The average Bonchev–Trinajstić information content (AvgIpc) is 2.55. The average molecular weight is 299 g/mol. The molecule has 2 heterocycles. The van der Waals surface area contributed by atoms with Gasteiger partial charge in [-0.25, -0.2) is 4.98 Å². The Bertz CT molecular complexity index is 672. The minimum Gasteiger partial charge on any atom is -0.367 e. The van der Waals surface area contributed by atoms with Crippen LogP contribution >= 0.6 is 11.6 Å². The topological polar surface area (TPSA) is 43.2 Å². The number of anilines is 2. The van der Waals surface area contributed by atoms with E-state index in [-0.39, 0.29) is 0 Å². The van der Waals surface area contributed by atoms with E-state index in [1.165, 1.54) is 0 Å². The molecule has 1 aromatic carbocycles. The van der Waals surface area contributed by atoms with Crippen LogP contribution in [0.2, 0.25) is 5.02 Å². The van der Waals surface area contributed by atoms with E-state index in [9.17, 15) is 5.26 Å². The van der Waals surface area contributed by atoms with Crippen molar-refractivity contribution in [2.75, 3.05) is 36.0 Å². The minimum atomic E-state index is 0.628. The highest BCUT2D eigenvalue weighted by Gasteiger charge is 2.21. The molecule has 0 N–H and O–H groups in total. The normalized spacial score (nSPS) is 14.9. The van der Waals surface area contributed by atoms with E-state index < -0.39 is 0 Å². The quantitative estimate of drug-likeness (QED) is 0.855. The largest absolute Gasteiger partial charge is 0.367 e. The number of piperazine rings is 1. The van der Waals surface area contributed by atoms with Crippen LogP contribution in [0.5, 0.6) is 0 Å². The van der Waals surface area contributed by atoms with Crippen molar-refractivity contribution in [2.45, 2.75) is 0 Å². The highest BCUT2D eigenvalue weighted by atomic mass is 35.5. The maximum absolute atomic E-state index is 9.17. The number of hydrogen-bond donors (Lipinski definition) is 0. The smallest absolute Gasteiger partial charge is 0.146 e. The number of pyridine rings is 1. The van der Waals surface area contributed by atoms with Crippen molar-refractivity contribution in [2.24, 2.45) is 0 Å². The lowest BCUT2D eigenvalue weighted by atomic mass is 10.2. The monoisotopic (exact) mass is 298 g/mol. The van der Waals surface area contributed by atoms with Crippen molar-refractivity contribution in [1.82, 2.24) is 4.98 Å². The summed E-state index contributed by atoms with van der Waals surface area (Å²) in [7, 11) is 0. The molecule has 0 spiro atoms. The molecule has 5 heteroatoms. The van der Waals surface area contributed by atoms with Gasteiger partial charge < -0.3 is 9.80 Å². The van der Waals surface area contributed by atoms with Crippen LogP contribution in [0.25, 0.3) is 0 Å². The van der Waals surface area contributed by atoms with Gasteiger partial charge in [0.15, 0.2) is 0 Å². The van der Waals surface area contributed by atoms with Crippen molar-refractivity contribution in [3.63, 3.8) is 0 Å². The van der Waals surface area contributed by atoms with E-state index in [0.717, 1.165) is 42.7 Å². The molecule has 1 saturated heterocycles. The van der Waals surface area contributed by atoms with Crippen molar-refractivity contribution in [3.8, 4) is 6.07 Å². The zero-order chi connectivity index (χ0) is 14.7. The Morgan fingerprint density at radius 3 is 2.43 bits per heavy atom. The summed E-state index contributed by atoms with van der Waals surface area (Å²) < 4.78 is 0. The van der Waals surface area contributed by atoms with Gasteiger partial charge in [0.05, 0.1) is 16.3 Å². The van der Waals surface area contributed by atoms with Gasteiger partial charge in [-0.1, -0.05) is 23.7 Å². The zero-order valence-corrected chi connectivity index (χ0v) is 12.3. The zero-order valence-electron chi connectivity index (χ0n) is 11.5. The highest BCUT2D eigenvalue weighted by Crippen LogP contribution is 2.27. The van der Waals surface area contributed by atoms with Crippen LogP contribution in [-0.4, -0.2) is 31.2 Å². The first kappa shape index (κ1) is 13.7. The van der Waals surface area contributed by atoms with Gasteiger partial charge in [0, 0.05) is 32.4 Å². The molecule has 1 aliphatic rings. The molecule has 0 saturated carbocycles. The molecule has 0 bridgehead atoms. The highest BCUT2D eigenvalue weighted by molar-refractivity contribution is 6.33. The lowest BCUT2D eigenvalue weighted by Gasteiger charge is -2.37. The Balaban J connectivity index is 1.74. The van der Waals surface area contributed by atoms with Crippen LogP contribution in [0.1, 0.15) is 5.56 Å². The fraction of sp³-hybridized carbons (Fsp3) is 0.250. The summed E-state index contributed by atoms with van der Waals surface area (Å²) in [5.74, 6) is 0.777. The number of para-hydroxylation sites is 1. The Morgan fingerprint density at radius 2 is 1.71 bits per heavy atom. The SMILES string of the molecule is N#Cc1cccnc1N1CCN(c2ccccc2Cl)CC1. The summed E-state index contributed by atoms with van der Waals surface area (Å²) in [6.45, 7) is 3.39. The Labute approximate surface area is 129 Å². The lowest BCUT2D eigenvalue weighted by Crippen LogP contribution is -2.47. The van der Waals surface area contributed by atoms with Crippen molar-refractivity contribution < 1.29 is 0 Å². The molecule has 0 amide bonds. The molecule has 1 aromatic heterocycles. The molecular weight excluding hydrogens is 284 g/mol. The fourth-order valence-electron chi connectivity index (χ4n) is 2.60.